The molecule has 132 valence electrons. The van der Waals surface area contributed by atoms with Gasteiger partial charge in [0.05, 0.1) is 23.6 Å². The standard InChI is InChI=1S/C17H21N5O3/c1-4-6-14-18-10(3)15-17(23)19-16(20-22(14)15)12-9-11(21-24)7-8-13(12)25-5-2/h7-9,21,24H,4-6H2,1-3H3,(H,19,20,23). The minimum Gasteiger partial charge on any atom is -0.493 e. The summed E-state index contributed by atoms with van der Waals surface area (Å²) in [6.45, 7) is 6.19. The maximum absolute atomic E-state index is 12.6. The van der Waals surface area contributed by atoms with E-state index in [1.807, 2.05) is 13.8 Å². The lowest BCUT2D eigenvalue weighted by molar-refractivity contribution is 0.341. The zero-order valence-corrected chi connectivity index (χ0v) is 14.5. The number of imidazole rings is 1. The predicted octanol–water partition coefficient (Wildman–Crippen LogP) is 2.55. The molecular formula is C17H21N5O3. The predicted molar refractivity (Wildman–Crippen MR) is 94.4 cm³/mol. The Balaban J connectivity index is 2.25. The number of nitrogens with zero attached hydrogens (tertiary/aromatic N) is 3. The van der Waals surface area contributed by atoms with Gasteiger partial charge in [-0.1, -0.05) is 6.92 Å². The second-order valence-corrected chi connectivity index (χ2v) is 5.68. The third-order valence-corrected chi connectivity index (χ3v) is 3.88. The van der Waals surface area contributed by atoms with E-state index in [1.54, 1.807) is 29.6 Å². The number of aromatic amines is 1. The van der Waals surface area contributed by atoms with Crippen molar-refractivity contribution in [3.63, 3.8) is 0 Å². The molecule has 8 nitrogen and oxygen atoms in total. The topological polar surface area (TPSA) is 105 Å². The monoisotopic (exact) mass is 343 g/mol. The average Bonchev–Trinajstić information content (AvgIpc) is 2.92. The van der Waals surface area contributed by atoms with Crippen LogP contribution in [-0.2, 0) is 6.42 Å². The summed E-state index contributed by atoms with van der Waals surface area (Å²) in [5.41, 5.74) is 3.98. The molecule has 8 heteroatoms. The maximum atomic E-state index is 12.6. The number of ether oxygens (including phenoxy) is 1. The normalized spacial score (nSPS) is 11.0. The lowest BCUT2D eigenvalue weighted by Gasteiger charge is -2.11. The Labute approximate surface area is 144 Å². The fourth-order valence-electron chi connectivity index (χ4n) is 2.81. The van der Waals surface area contributed by atoms with Gasteiger partial charge in [0, 0.05) is 6.42 Å². The highest BCUT2D eigenvalue weighted by Crippen LogP contribution is 2.30. The van der Waals surface area contributed by atoms with E-state index in [0.29, 0.717) is 40.6 Å². The molecule has 2 aromatic heterocycles. The molecular weight excluding hydrogens is 322 g/mol. The highest BCUT2D eigenvalue weighted by atomic mass is 16.5. The first-order valence-corrected chi connectivity index (χ1v) is 8.24. The number of aryl methyl sites for hydroxylation is 2. The summed E-state index contributed by atoms with van der Waals surface area (Å²) in [4.78, 5) is 19.8. The number of hydrogen-bond acceptors (Lipinski definition) is 6. The molecule has 0 aliphatic rings. The highest BCUT2D eigenvalue weighted by molar-refractivity contribution is 5.70. The van der Waals surface area contributed by atoms with Gasteiger partial charge in [0.1, 0.15) is 11.6 Å². The zero-order valence-electron chi connectivity index (χ0n) is 14.5. The second kappa shape index (κ2) is 6.94. The number of anilines is 1. The van der Waals surface area contributed by atoms with Crippen molar-refractivity contribution < 1.29 is 9.94 Å². The summed E-state index contributed by atoms with van der Waals surface area (Å²) in [6, 6.07) is 5.06. The summed E-state index contributed by atoms with van der Waals surface area (Å²) in [5, 5.41) is 13.7. The molecule has 1 aromatic carbocycles. The molecule has 3 rings (SSSR count). The lowest BCUT2D eigenvalue weighted by atomic mass is 10.1. The minimum absolute atomic E-state index is 0.262. The van der Waals surface area contributed by atoms with Crippen molar-refractivity contribution in [1.82, 2.24) is 19.6 Å². The second-order valence-electron chi connectivity index (χ2n) is 5.68. The first-order valence-electron chi connectivity index (χ1n) is 8.24. The summed E-state index contributed by atoms with van der Waals surface area (Å²) < 4.78 is 7.23. The van der Waals surface area contributed by atoms with Gasteiger partial charge in [-0.05, 0) is 38.5 Å². The molecule has 0 radical (unpaired) electrons. The number of fused-ring (bicyclic) bond motifs is 1. The SMILES string of the molecule is CCCc1nc(C)c2c(=O)[nH]c(-c3cc(NO)ccc3OCC)nn12. The molecule has 0 fully saturated rings. The van der Waals surface area contributed by atoms with Crippen LogP contribution in [0, 0.1) is 6.92 Å². The molecule has 0 atom stereocenters. The van der Waals surface area contributed by atoms with E-state index >= 15 is 0 Å². The van der Waals surface area contributed by atoms with Gasteiger partial charge < -0.3 is 9.72 Å². The molecule has 3 N–H and O–H groups in total. The molecule has 0 saturated carbocycles. The van der Waals surface area contributed by atoms with Crippen LogP contribution in [-0.4, -0.2) is 31.4 Å². The van der Waals surface area contributed by atoms with Crippen LogP contribution in [0.25, 0.3) is 16.9 Å². The number of nitrogens with one attached hydrogen (secondary N) is 2. The van der Waals surface area contributed by atoms with Gasteiger partial charge in [-0.25, -0.2) is 9.50 Å². The van der Waals surface area contributed by atoms with Crippen LogP contribution >= 0.6 is 0 Å². The van der Waals surface area contributed by atoms with E-state index in [2.05, 4.69) is 20.5 Å². The fraction of sp³-hybridized carbons (Fsp3) is 0.353. The lowest BCUT2D eigenvalue weighted by Crippen LogP contribution is -2.16. The van der Waals surface area contributed by atoms with Crippen LogP contribution in [0.2, 0.25) is 0 Å². The first kappa shape index (κ1) is 17.0. The van der Waals surface area contributed by atoms with Gasteiger partial charge in [0.15, 0.2) is 11.3 Å². The van der Waals surface area contributed by atoms with Crippen molar-refractivity contribution in [2.75, 3.05) is 12.1 Å². The fourth-order valence-corrected chi connectivity index (χ4v) is 2.81. The van der Waals surface area contributed by atoms with E-state index in [4.69, 9.17) is 4.74 Å². The molecule has 2 heterocycles. The molecule has 3 aromatic rings. The van der Waals surface area contributed by atoms with Gasteiger partial charge in [0.2, 0.25) is 0 Å². The Hall–Kier alpha value is -2.87. The zero-order chi connectivity index (χ0) is 18.0. The van der Waals surface area contributed by atoms with Gasteiger partial charge >= 0.3 is 0 Å². The largest absolute Gasteiger partial charge is 0.493 e. The summed E-state index contributed by atoms with van der Waals surface area (Å²) in [7, 11) is 0. The molecule has 0 aliphatic carbocycles. The number of benzene rings is 1. The molecule has 0 spiro atoms. The van der Waals surface area contributed by atoms with Crippen LogP contribution in [0.4, 0.5) is 5.69 Å². The Morgan fingerprint density at radius 2 is 2.16 bits per heavy atom. The molecule has 0 amide bonds. The van der Waals surface area contributed by atoms with Gasteiger partial charge in [-0.15, -0.1) is 5.10 Å². The van der Waals surface area contributed by atoms with Gasteiger partial charge in [0.25, 0.3) is 5.56 Å². The number of rotatable bonds is 6. The maximum Gasteiger partial charge on any atom is 0.277 e. The quantitative estimate of drug-likeness (QED) is 0.594. The smallest absolute Gasteiger partial charge is 0.277 e. The highest BCUT2D eigenvalue weighted by Gasteiger charge is 2.17. The van der Waals surface area contributed by atoms with E-state index in [0.717, 1.165) is 18.7 Å². The van der Waals surface area contributed by atoms with E-state index < -0.39 is 0 Å². The Morgan fingerprint density at radius 3 is 2.84 bits per heavy atom. The van der Waals surface area contributed by atoms with E-state index in [-0.39, 0.29) is 5.56 Å². The number of aromatic nitrogens is 4. The van der Waals surface area contributed by atoms with Crippen molar-refractivity contribution >= 4 is 11.2 Å². The van der Waals surface area contributed by atoms with Crippen molar-refractivity contribution in [1.29, 1.82) is 0 Å². The molecule has 0 bridgehead atoms. The van der Waals surface area contributed by atoms with Gasteiger partial charge in [-0.3, -0.25) is 15.5 Å². The third kappa shape index (κ3) is 3.08. The van der Waals surface area contributed by atoms with Crippen molar-refractivity contribution in [3.05, 3.63) is 40.1 Å². The van der Waals surface area contributed by atoms with Gasteiger partial charge in [-0.2, -0.15) is 0 Å². The Kier molecular flexibility index (Phi) is 4.71. The van der Waals surface area contributed by atoms with Crippen LogP contribution in [0.1, 0.15) is 31.8 Å². The van der Waals surface area contributed by atoms with E-state index in [9.17, 15) is 10.0 Å². The van der Waals surface area contributed by atoms with E-state index in [1.165, 1.54) is 0 Å². The van der Waals surface area contributed by atoms with Crippen molar-refractivity contribution in [2.24, 2.45) is 0 Å². The van der Waals surface area contributed by atoms with Crippen LogP contribution in [0.15, 0.2) is 23.0 Å². The van der Waals surface area contributed by atoms with Crippen LogP contribution in [0.3, 0.4) is 0 Å². The minimum atomic E-state index is -0.262. The Bertz CT molecular complexity index is 961. The number of H-pyrrole nitrogens is 1. The summed E-state index contributed by atoms with van der Waals surface area (Å²) >= 11 is 0. The molecule has 25 heavy (non-hydrogen) atoms. The first-order chi connectivity index (χ1) is 12.1. The summed E-state index contributed by atoms with van der Waals surface area (Å²) in [5.74, 6) is 1.67. The molecule has 0 saturated heterocycles. The third-order valence-electron chi connectivity index (χ3n) is 3.88. The van der Waals surface area contributed by atoms with Crippen molar-refractivity contribution in [3.8, 4) is 17.1 Å². The Morgan fingerprint density at radius 1 is 1.36 bits per heavy atom. The van der Waals surface area contributed by atoms with Crippen molar-refractivity contribution in [2.45, 2.75) is 33.6 Å². The summed E-state index contributed by atoms with van der Waals surface area (Å²) in [6.07, 6.45) is 1.62. The average molecular weight is 343 g/mol. The van der Waals surface area contributed by atoms with Crippen LogP contribution in [0.5, 0.6) is 5.75 Å². The molecule has 0 aliphatic heterocycles. The molecule has 0 unspecified atom stereocenters. The van der Waals surface area contributed by atoms with Crippen LogP contribution < -0.4 is 15.8 Å². The number of hydrogen-bond donors (Lipinski definition) is 3.